The molecule has 0 bridgehead atoms. The van der Waals surface area contributed by atoms with Gasteiger partial charge < -0.3 is 15.3 Å². The van der Waals surface area contributed by atoms with Crippen molar-refractivity contribution in [1.82, 2.24) is 10.2 Å². The molecule has 2 N–H and O–H groups in total. The monoisotopic (exact) mass is 268 g/mol. The minimum absolute atomic E-state index is 0.0388. The van der Waals surface area contributed by atoms with Crippen LogP contribution in [0.15, 0.2) is 0 Å². The molecule has 1 heterocycles. The van der Waals surface area contributed by atoms with Gasteiger partial charge in [0.25, 0.3) is 0 Å². The number of amides is 2. The zero-order chi connectivity index (χ0) is 13.8. The van der Waals surface area contributed by atoms with Gasteiger partial charge in [-0.1, -0.05) is 6.92 Å². The molecule has 108 valence electrons. The second kappa shape index (κ2) is 6.26. The third kappa shape index (κ3) is 4.11. The highest BCUT2D eigenvalue weighted by Crippen LogP contribution is 2.26. The van der Waals surface area contributed by atoms with Crippen molar-refractivity contribution in [3.05, 3.63) is 0 Å². The van der Waals surface area contributed by atoms with Gasteiger partial charge in [0.05, 0.1) is 0 Å². The van der Waals surface area contributed by atoms with Crippen molar-refractivity contribution in [1.29, 1.82) is 0 Å². The van der Waals surface area contributed by atoms with Crippen molar-refractivity contribution in [2.24, 2.45) is 11.8 Å². The van der Waals surface area contributed by atoms with Crippen molar-refractivity contribution in [3.63, 3.8) is 0 Å². The van der Waals surface area contributed by atoms with Crippen LogP contribution in [0.3, 0.4) is 0 Å². The number of nitrogens with zero attached hydrogens (tertiary/aromatic N) is 1. The number of rotatable bonds is 4. The van der Waals surface area contributed by atoms with Crippen LogP contribution in [0, 0.1) is 11.8 Å². The van der Waals surface area contributed by atoms with E-state index in [1.807, 2.05) is 4.90 Å². The predicted octanol–water partition coefficient (Wildman–Crippen LogP) is 2.07. The van der Waals surface area contributed by atoms with Crippen LogP contribution < -0.4 is 5.32 Å². The Hall–Kier alpha value is -1.26. The largest absolute Gasteiger partial charge is 0.481 e. The van der Waals surface area contributed by atoms with Gasteiger partial charge in [-0.25, -0.2) is 4.79 Å². The van der Waals surface area contributed by atoms with Gasteiger partial charge in [0.15, 0.2) is 0 Å². The molecule has 0 aromatic heterocycles. The van der Waals surface area contributed by atoms with Gasteiger partial charge in [-0.3, -0.25) is 4.79 Å². The second-order valence-corrected chi connectivity index (χ2v) is 6.10. The average molecular weight is 268 g/mol. The summed E-state index contributed by atoms with van der Waals surface area (Å²) >= 11 is 0. The summed E-state index contributed by atoms with van der Waals surface area (Å²) in [5, 5.41) is 11.8. The Kier molecular flexibility index (Phi) is 4.66. The summed E-state index contributed by atoms with van der Waals surface area (Å²) < 4.78 is 0. The Balaban J connectivity index is 1.71. The maximum absolute atomic E-state index is 12.1. The summed E-state index contributed by atoms with van der Waals surface area (Å²) in [5.41, 5.74) is 0. The first-order valence-corrected chi connectivity index (χ1v) is 7.32. The van der Waals surface area contributed by atoms with E-state index in [4.69, 9.17) is 5.11 Å². The minimum Gasteiger partial charge on any atom is -0.481 e. The summed E-state index contributed by atoms with van der Waals surface area (Å²) in [4.78, 5) is 24.5. The molecular weight excluding hydrogens is 244 g/mol. The Morgan fingerprint density at radius 1 is 1.32 bits per heavy atom. The molecule has 0 aromatic carbocycles. The minimum atomic E-state index is -0.747. The molecule has 5 nitrogen and oxygen atoms in total. The molecule has 1 saturated carbocycles. The maximum atomic E-state index is 12.1. The van der Waals surface area contributed by atoms with Crippen LogP contribution in [0.2, 0.25) is 0 Å². The molecule has 2 fully saturated rings. The molecule has 1 aliphatic carbocycles. The first-order chi connectivity index (χ1) is 9.04. The molecule has 1 saturated heterocycles. The SMILES string of the molecule is CC1CCC(NC(=O)N2CCC(CCC(=O)O)C2)C1. The van der Waals surface area contributed by atoms with E-state index in [0.717, 1.165) is 25.8 Å². The van der Waals surface area contributed by atoms with Gasteiger partial charge in [-0.15, -0.1) is 0 Å². The Bertz CT molecular complexity index is 346. The number of carboxylic acid groups (broad SMARTS) is 1. The van der Waals surface area contributed by atoms with Gasteiger partial charge >= 0.3 is 12.0 Å². The lowest BCUT2D eigenvalue weighted by Crippen LogP contribution is -2.43. The van der Waals surface area contributed by atoms with Crippen LogP contribution in [0.5, 0.6) is 0 Å². The van der Waals surface area contributed by atoms with Crippen molar-refractivity contribution in [3.8, 4) is 0 Å². The highest BCUT2D eigenvalue weighted by atomic mass is 16.4. The molecule has 19 heavy (non-hydrogen) atoms. The third-order valence-electron chi connectivity index (χ3n) is 4.36. The Morgan fingerprint density at radius 3 is 2.74 bits per heavy atom. The quantitative estimate of drug-likeness (QED) is 0.820. The zero-order valence-electron chi connectivity index (χ0n) is 11.6. The van der Waals surface area contributed by atoms with E-state index >= 15 is 0 Å². The van der Waals surface area contributed by atoms with Gasteiger partial charge in [0.2, 0.25) is 0 Å². The van der Waals surface area contributed by atoms with E-state index in [9.17, 15) is 9.59 Å². The van der Waals surface area contributed by atoms with E-state index in [0.29, 0.717) is 30.8 Å². The number of nitrogens with one attached hydrogen (secondary N) is 1. The summed E-state index contributed by atoms with van der Waals surface area (Å²) in [6.07, 6.45) is 5.19. The topological polar surface area (TPSA) is 69.6 Å². The number of aliphatic carboxylic acids is 1. The van der Waals surface area contributed by atoms with Gasteiger partial charge in [-0.05, 0) is 43.9 Å². The first-order valence-electron chi connectivity index (χ1n) is 7.32. The molecule has 3 unspecified atom stereocenters. The molecule has 3 atom stereocenters. The van der Waals surface area contributed by atoms with Crippen LogP contribution in [-0.2, 0) is 4.79 Å². The molecule has 0 aromatic rings. The Morgan fingerprint density at radius 2 is 2.11 bits per heavy atom. The number of urea groups is 1. The van der Waals surface area contributed by atoms with Crippen LogP contribution in [0.4, 0.5) is 4.79 Å². The van der Waals surface area contributed by atoms with E-state index in [1.54, 1.807) is 0 Å². The molecule has 1 aliphatic heterocycles. The van der Waals surface area contributed by atoms with E-state index < -0.39 is 5.97 Å². The van der Waals surface area contributed by atoms with Crippen LogP contribution >= 0.6 is 0 Å². The predicted molar refractivity (Wildman–Crippen MR) is 71.9 cm³/mol. The highest BCUT2D eigenvalue weighted by molar-refractivity contribution is 5.74. The van der Waals surface area contributed by atoms with Crippen LogP contribution in [0.25, 0.3) is 0 Å². The van der Waals surface area contributed by atoms with Crippen molar-refractivity contribution in [2.75, 3.05) is 13.1 Å². The molecule has 2 rings (SSSR count). The molecule has 2 amide bonds. The normalized spacial score (nSPS) is 30.6. The standard InChI is InChI=1S/C14H24N2O3/c1-10-2-4-12(8-10)15-14(19)16-7-6-11(9-16)3-5-13(17)18/h10-12H,2-9H2,1H3,(H,15,19)(H,17,18). The summed E-state index contributed by atoms with van der Waals surface area (Å²) in [7, 11) is 0. The number of carbonyl (C=O) groups excluding carboxylic acids is 1. The summed E-state index contributed by atoms with van der Waals surface area (Å²) in [6, 6.07) is 0.373. The summed E-state index contributed by atoms with van der Waals surface area (Å²) in [6.45, 7) is 3.70. The second-order valence-electron chi connectivity index (χ2n) is 6.10. The molecule has 0 radical (unpaired) electrons. The van der Waals surface area contributed by atoms with Gasteiger partial charge in [0, 0.05) is 25.6 Å². The number of hydrogen-bond donors (Lipinski definition) is 2. The van der Waals surface area contributed by atoms with Crippen molar-refractivity contribution >= 4 is 12.0 Å². The molecule has 0 spiro atoms. The number of carbonyl (C=O) groups is 2. The average Bonchev–Trinajstić information content (AvgIpc) is 2.95. The van der Waals surface area contributed by atoms with E-state index in [1.165, 1.54) is 6.42 Å². The lowest BCUT2D eigenvalue weighted by Gasteiger charge is -2.20. The summed E-state index contributed by atoms with van der Waals surface area (Å²) in [5.74, 6) is 0.319. The lowest BCUT2D eigenvalue weighted by atomic mass is 10.0. The maximum Gasteiger partial charge on any atom is 0.317 e. The number of carboxylic acids is 1. The van der Waals surface area contributed by atoms with Crippen LogP contribution in [0.1, 0.15) is 45.4 Å². The number of hydrogen-bond acceptors (Lipinski definition) is 2. The number of likely N-dealkylation sites (tertiary alicyclic amines) is 1. The fraction of sp³-hybridized carbons (Fsp3) is 0.857. The van der Waals surface area contributed by atoms with Gasteiger partial charge in [-0.2, -0.15) is 0 Å². The lowest BCUT2D eigenvalue weighted by molar-refractivity contribution is -0.137. The Labute approximate surface area is 114 Å². The third-order valence-corrected chi connectivity index (χ3v) is 4.36. The molecule has 5 heteroatoms. The van der Waals surface area contributed by atoms with Gasteiger partial charge in [0.1, 0.15) is 0 Å². The van der Waals surface area contributed by atoms with Crippen molar-refractivity contribution < 1.29 is 14.7 Å². The van der Waals surface area contributed by atoms with Crippen molar-refractivity contribution in [2.45, 2.75) is 51.5 Å². The smallest absolute Gasteiger partial charge is 0.317 e. The van der Waals surface area contributed by atoms with E-state index in [2.05, 4.69) is 12.2 Å². The highest BCUT2D eigenvalue weighted by Gasteiger charge is 2.29. The fourth-order valence-corrected chi connectivity index (χ4v) is 3.18. The first kappa shape index (κ1) is 14.2. The molecule has 2 aliphatic rings. The zero-order valence-corrected chi connectivity index (χ0v) is 11.6. The molecular formula is C14H24N2O3. The van der Waals surface area contributed by atoms with E-state index in [-0.39, 0.29) is 12.5 Å². The van der Waals surface area contributed by atoms with Crippen LogP contribution in [-0.4, -0.2) is 41.1 Å². The fourth-order valence-electron chi connectivity index (χ4n) is 3.18.